The molecule has 0 saturated carbocycles. The van der Waals surface area contributed by atoms with Crippen LogP contribution in [0.2, 0.25) is 0 Å². The Labute approximate surface area is 95.0 Å². The molecule has 0 unspecified atom stereocenters. The van der Waals surface area contributed by atoms with E-state index in [0.29, 0.717) is 13.1 Å². The van der Waals surface area contributed by atoms with Crippen LogP contribution >= 0.6 is 0 Å². The second-order valence-electron chi connectivity index (χ2n) is 3.48. The summed E-state index contributed by atoms with van der Waals surface area (Å²) in [5.74, 6) is -1.51. The van der Waals surface area contributed by atoms with Crippen molar-refractivity contribution in [2.45, 2.75) is 13.3 Å². The summed E-state index contributed by atoms with van der Waals surface area (Å²) in [6.45, 7) is 2.84. The third-order valence-corrected chi connectivity index (χ3v) is 2.39. The lowest BCUT2D eigenvalue weighted by Gasteiger charge is -2.18. The van der Waals surface area contributed by atoms with Crippen LogP contribution in [0.25, 0.3) is 0 Å². The number of carbonyl (C=O) groups excluding carboxylic acids is 2. The molecule has 0 spiro atoms. The van der Waals surface area contributed by atoms with Gasteiger partial charge in [0.2, 0.25) is 0 Å². The predicted octanol–water partition coefficient (Wildman–Crippen LogP) is 0.563. The molecule has 0 fully saturated rings. The number of hydrogen-bond acceptors (Lipinski definition) is 2. The number of hydrogen-bond donors (Lipinski definition) is 1. The van der Waals surface area contributed by atoms with Crippen LogP contribution in [0, 0.1) is 0 Å². The van der Waals surface area contributed by atoms with Crippen molar-refractivity contribution in [3.05, 3.63) is 35.9 Å². The van der Waals surface area contributed by atoms with Crippen LogP contribution in [-0.4, -0.2) is 29.8 Å². The second kappa shape index (κ2) is 5.90. The van der Waals surface area contributed by atoms with Crippen LogP contribution in [0.4, 0.5) is 0 Å². The Morgan fingerprint density at radius 2 is 1.88 bits per heavy atom. The molecular weight excluding hydrogens is 204 g/mol. The molecule has 0 aliphatic heterocycles. The van der Waals surface area contributed by atoms with Gasteiger partial charge < -0.3 is 10.6 Å². The Morgan fingerprint density at radius 3 is 2.38 bits per heavy atom. The normalized spacial score (nSPS) is 9.81. The summed E-state index contributed by atoms with van der Waals surface area (Å²) < 4.78 is 0. The van der Waals surface area contributed by atoms with Crippen molar-refractivity contribution in [1.29, 1.82) is 0 Å². The van der Waals surface area contributed by atoms with Crippen LogP contribution in [0.15, 0.2) is 30.3 Å². The molecule has 4 heteroatoms. The molecule has 0 aromatic heterocycles. The molecule has 0 heterocycles. The Morgan fingerprint density at radius 1 is 1.25 bits per heavy atom. The van der Waals surface area contributed by atoms with Crippen molar-refractivity contribution >= 4 is 11.8 Å². The number of carbonyl (C=O) groups is 2. The van der Waals surface area contributed by atoms with E-state index >= 15 is 0 Å². The minimum Gasteiger partial charge on any atom is -0.361 e. The van der Waals surface area contributed by atoms with E-state index in [9.17, 15) is 9.59 Å². The molecule has 1 aromatic rings. The van der Waals surface area contributed by atoms with E-state index in [0.717, 1.165) is 12.0 Å². The van der Waals surface area contributed by atoms with Crippen LogP contribution in [0.1, 0.15) is 12.5 Å². The summed E-state index contributed by atoms with van der Waals surface area (Å²) in [5, 5.41) is 0. The molecule has 1 rings (SSSR count). The number of primary amides is 1. The van der Waals surface area contributed by atoms with Crippen LogP contribution in [-0.2, 0) is 16.0 Å². The Hall–Kier alpha value is -1.84. The molecule has 4 nitrogen and oxygen atoms in total. The van der Waals surface area contributed by atoms with Crippen molar-refractivity contribution in [3.63, 3.8) is 0 Å². The minimum absolute atomic E-state index is 0.495. The van der Waals surface area contributed by atoms with E-state index in [1.54, 1.807) is 0 Å². The molecule has 0 bridgehead atoms. The highest BCUT2D eigenvalue weighted by Gasteiger charge is 2.16. The van der Waals surface area contributed by atoms with Crippen LogP contribution < -0.4 is 5.73 Å². The zero-order valence-electron chi connectivity index (χ0n) is 9.35. The second-order valence-corrected chi connectivity index (χ2v) is 3.48. The lowest BCUT2D eigenvalue weighted by molar-refractivity contribution is -0.144. The van der Waals surface area contributed by atoms with Gasteiger partial charge in [0.25, 0.3) is 0 Å². The van der Waals surface area contributed by atoms with E-state index in [1.807, 2.05) is 37.3 Å². The number of benzene rings is 1. The third kappa shape index (κ3) is 3.38. The van der Waals surface area contributed by atoms with E-state index in [-0.39, 0.29) is 0 Å². The van der Waals surface area contributed by atoms with Crippen molar-refractivity contribution in [3.8, 4) is 0 Å². The summed E-state index contributed by atoms with van der Waals surface area (Å²) in [4.78, 5) is 23.5. The first-order valence-electron chi connectivity index (χ1n) is 5.27. The molecular formula is C12H16N2O2. The zero-order chi connectivity index (χ0) is 12.0. The molecule has 16 heavy (non-hydrogen) atoms. The highest BCUT2D eigenvalue weighted by molar-refractivity contribution is 6.34. The maximum Gasteiger partial charge on any atom is 0.311 e. The largest absolute Gasteiger partial charge is 0.361 e. The number of nitrogens with zero attached hydrogens (tertiary/aromatic N) is 1. The van der Waals surface area contributed by atoms with Crippen molar-refractivity contribution in [2.24, 2.45) is 5.73 Å². The fourth-order valence-electron chi connectivity index (χ4n) is 1.47. The molecule has 1 aromatic carbocycles. The Kier molecular flexibility index (Phi) is 4.51. The third-order valence-electron chi connectivity index (χ3n) is 2.39. The smallest absolute Gasteiger partial charge is 0.311 e. The molecule has 0 radical (unpaired) electrons. The highest BCUT2D eigenvalue weighted by atomic mass is 16.2. The van der Waals surface area contributed by atoms with Crippen LogP contribution in [0.3, 0.4) is 0 Å². The van der Waals surface area contributed by atoms with Gasteiger partial charge >= 0.3 is 11.8 Å². The quantitative estimate of drug-likeness (QED) is 0.754. The van der Waals surface area contributed by atoms with Gasteiger partial charge in [-0.15, -0.1) is 0 Å². The molecule has 86 valence electrons. The topological polar surface area (TPSA) is 63.4 Å². The van der Waals surface area contributed by atoms with Gasteiger partial charge in [0, 0.05) is 13.1 Å². The van der Waals surface area contributed by atoms with E-state index in [2.05, 4.69) is 0 Å². The van der Waals surface area contributed by atoms with Crippen molar-refractivity contribution in [1.82, 2.24) is 4.90 Å². The van der Waals surface area contributed by atoms with Gasteiger partial charge in [0.1, 0.15) is 0 Å². The molecule has 0 aliphatic rings. The van der Waals surface area contributed by atoms with Gasteiger partial charge in [0.05, 0.1) is 0 Å². The van der Waals surface area contributed by atoms with Gasteiger partial charge in [0.15, 0.2) is 0 Å². The molecule has 0 aliphatic carbocycles. The van der Waals surface area contributed by atoms with Gasteiger partial charge in [-0.05, 0) is 18.9 Å². The molecule has 0 atom stereocenters. The van der Waals surface area contributed by atoms with Crippen molar-refractivity contribution < 1.29 is 9.59 Å². The average molecular weight is 220 g/mol. The first-order valence-corrected chi connectivity index (χ1v) is 5.27. The standard InChI is InChI=1S/C12H16N2O2/c1-2-14(12(16)11(13)15)9-8-10-6-4-3-5-7-10/h3-7H,2,8-9H2,1H3,(H2,13,15). The fourth-order valence-corrected chi connectivity index (χ4v) is 1.47. The van der Waals surface area contributed by atoms with E-state index in [1.165, 1.54) is 4.90 Å². The number of likely N-dealkylation sites (N-methyl/N-ethyl adjacent to an activating group) is 1. The highest BCUT2D eigenvalue weighted by Crippen LogP contribution is 2.01. The monoisotopic (exact) mass is 220 g/mol. The lowest BCUT2D eigenvalue weighted by Crippen LogP contribution is -2.41. The number of nitrogens with two attached hydrogens (primary N) is 1. The van der Waals surface area contributed by atoms with Crippen LogP contribution in [0.5, 0.6) is 0 Å². The van der Waals surface area contributed by atoms with Crippen molar-refractivity contribution in [2.75, 3.05) is 13.1 Å². The number of rotatable bonds is 4. The molecule has 2 N–H and O–H groups in total. The van der Waals surface area contributed by atoms with Gasteiger partial charge in [-0.25, -0.2) is 0 Å². The first kappa shape index (κ1) is 12.2. The predicted molar refractivity (Wildman–Crippen MR) is 61.6 cm³/mol. The van der Waals surface area contributed by atoms with Gasteiger partial charge in [-0.2, -0.15) is 0 Å². The summed E-state index contributed by atoms with van der Waals surface area (Å²) in [7, 11) is 0. The first-order chi connectivity index (χ1) is 7.65. The molecule has 0 saturated heterocycles. The van der Waals surface area contributed by atoms with Gasteiger partial charge in [-0.1, -0.05) is 30.3 Å². The molecule has 2 amide bonds. The fraction of sp³-hybridized carbons (Fsp3) is 0.333. The van der Waals surface area contributed by atoms with E-state index < -0.39 is 11.8 Å². The zero-order valence-corrected chi connectivity index (χ0v) is 9.35. The SMILES string of the molecule is CCN(CCc1ccccc1)C(=O)C(N)=O. The Bertz CT molecular complexity index is 363. The average Bonchev–Trinajstić information content (AvgIpc) is 2.30. The summed E-state index contributed by atoms with van der Waals surface area (Å²) >= 11 is 0. The summed E-state index contributed by atoms with van der Waals surface area (Å²) in [5.41, 5.74) is 6.09. The van der Waals surface area contributed by atoms with E-state index in [4.69, 9.17) is 5.73 Å². The number of amides is 2. The van der Waals surface area contributed by atoms with Gasteiger partial charge in [-0.3, -0.25) is 9.59 Å². The maximum absolute atomic E-state index is 11.3. The summed E-state index contributed by atoms with van der Waals surface area (Å²) in [6.07, 6.45) is 0.730. The Balaban J connectivity index is 2.52. The maximum atomic E-state index is 11.3. The lowest BCUT2D eigenvalue weighted by atomic mass is 10.1. The minimum atomic E-state index is -0.894. The summed E-state index contributed by atoms with van der Waals surface area (Å²) in [6, 6.07) is 9.81.